The zero-order valence-electron chi connectivity index (χ0n) is 9.81. The van der Waals surface area contributed by atoms with Crippen molar-refractivity contribution in [2.24, 2.45) is 11.8 Å². The van der Waals surface area contributed by atoms with Crippen molar-refractivity contribution in [2.75, 3.05) is 40.3 Å². The molecule has 0 spiro atoms. The predicted octanol–water partition coefficient (Wildman–Crippen LogP) is -1.16. The van der Waals surface area contributed by atoms with Crippen LogP contribution in [-0.2, 0) is 0 Å². The van der Waals surface area contributed by atoms with Crippen LogP contribution in [0.1, 0.15) is 25.7 Å². The summed E-state index contributed by atoms with van der Waals surface area (Å²) >= 11 is 0. The van der Waals surface area contributed by atoms with Gasteiger partial charge in [-0.2, -0.15) is 0 Å². The number of rotatable bonds is 1. The molecular weight excluding hydrogens is 172 g/mol. The molecule has 0 aliphatic carbocycles. The maximum atomic E-state index is 2.34. The molecule has 0 aromatic carbocycles. The molecule has 2 N–H and O–H groups in total. The van der Waals surface area contributed by atoms with Crippen molar-refractivity contribution in [3.8, 4) is 0 Å². The van der Waals surface area contributed by atoms with Crippen molar-refractivity contribution in [1.82, 2.24) is 0 Å². The van der Waals surface area contributed by atoms with Crippen LogP contribution in [-0.4, -0.2) is 40.3 Å². The second-order valence-corrected chi connectivity index (χ2v) is 5.59. The lowest BCUT2D eigenvalue weighted by Gasteiger charge is -2.35. The summed E-state index contributed by atoms with van der Waals surface area (Å²) in [6.07, 6.45) is 5.98. The second-order valence-electron chi connectivity index (χ2n) is 5.59. The molecule has 0 aromatic rings. The van der Waals surface area contributed by atoms with Crippen LogP contribution in [0.4, 0.5) is 0 Å². The van der Waals surface area contributed by atoms with Gasteiger partial charge in [-0.15, -0.1) is 0 Å². The third kappa shape index (κ3) is 2.48. The molecule has 2 heteroatoms. The molecule has 0 unspecified atom stereocenters. The normalized spacial score (nSPS) is 45.0. The summed E-state index contributed by atoms with van der Waals surface area (Å²) in [6, 6.07) is 0. The maximum absolute atomic E-state index is 2.34. The Balaban J connectivity index is 1.78. The molecule has 2 heterocycles. The van der Waals surface area contributed by atoms with E-state index in [0.717, 1.165) is 11.8 Å². The van der Waals surface area contributed by atoms with E-state index in [2.05, 4.69) is 14.1 Å². The van der Waals surface area contributed by atoms with Crippen LogP contribution in [0, 0.1) is 11.8 Å². The van der Waals surface area contributed by atoms with Crippen LogP contribution in [0.15, 0.2) is 0 Å². The van der Waals surface area contributed by atoms with Crippen molar-refractivity contribution < 1.29 is 9.80 Å². The van der Waals surface area contributed by atoms with Gasteiger partial charge in [-0.1, -0.05) is 0 Å². The molecule has 0 bridgehead atoms. The first-order chi connectivity index (χ1) is 6.75. The molecule has 14 heavy (non-hydrogen) atoms. The van der Waals surface area contributed by atoms with Gasteiger partial charge in [0.05, 0.1) is 40.3 Å². The topological polar surface area (TPSA) is 8.88 Å². The Morgan fingerprint density at radius 2 is 0.929 bits per heavy atom. The highest BCUT2D eigenvalue weighted by molar-refractivity contribution is 4.73. The minimum atomic E-state index is 1.08. The quantitative estimate of drug-likeness (QED) is 0.526. The molecule has 2 fully saturated rings. The van der Waals surface area contributed by atoms with E-state index in [1.165, 1.54) is 51.9 Å². The fraction of sp³-hybridized carbons (Fsp3) is 1.00. The van der Waals surface area contributed by atoms with Gasteiger partial charge in [0.15, 0.2) is 0 Å². The van der Waals surface area contributed by atoms with Gasteiger partial charge >= 0.3 is 0 Å². The minimum absolute atomic E-state index is 1.08. The van der Waals surface area contributed by atoms with Crippen LogP contribution >= 0.6 is 0 Å². The van der Waals surface area contributed by atoms with Crippen LogP contribution in [0.5, 0.6) is 0 Å². The summed E-state index contributed by atoms with van der Waals surface area (Å²) in [5, 5.41) is 0. The number of nitrogens with one attached hydrogen (secondary N) is 2. The van der Waals surface area contributed by atoms with Gasteiger partial charge in [0, 0.05) is 0 Å². The van der Waals surface area contributed by atoms with E-state index in [9.17, 15) is 0 Å². The Morgan fingerprint density at radius 3 is 1.21 bits per heavy atom. The molecule has 2 nitrogen and oxygen atoms in total. The lowest BCUT2D eigenvalue weighted by Crippen LogP contribution is -3.10. The van der Waals surface area contributed by atoms with Crippen molar-refractivity contribution in [2.45, 2.75) is 25.7 Å². The molecule has 2 aliphatic rings. The lowest BCUT2D eigenvalue weighted by atomic mass is 9.79. The van der Waals surface area contributed by atoms with Gasteiger partial charge in [-0.3, -0.25) is 0 Å². The highest BCUT2D eigenvalue weighted by Gasteiger charge is 2.30. The number of likely N-dealkylation sites (tertiary alicyclic amines) is 2. The Hall–Kier alpha value is -0.0800. The maximum Gasteiger partial charge on any atom is 0.0771 e. The second kappa shape index (κ2) is 4.63. The molecule has 0 amide bonds. The van der Waals surface area contributed by atoms with E-state index in [1.54, 1.807) is 9.80 Å². The van der Waals surface area contributed by atoms with Crippen molar-refractivity contribution in [1.29, 1.82) is 0 Å². The highest BCUT2D eigenvalue weighted by atomic mass is 15.1. The van der Waals surface area contributed by atoms with Gasteiger partial charge in [-0.25, -0.2) is 0 Å². The standard InChI is InChI=1S/C12H24N2/c1-13-7-3-11(4-8-13)12-5-9-14(2)10-6-12/h11-12H,3-10H2,1-2H3/p+2. The number of piperidine rings is 2. The van der Waals surface area contributed by atoms with Crippen LogP contribution in [0.2, 0.25) is 0 Å². The summed E-state index contributed by atoms with van der Waals surface area (Å²) < 4.78 is 0. The van der Waals surface area contributed by atoms with E-state index in [1.807, 2.05) is 0 Å². The van der Waals surface area contributed by atoms with Crippen LogP contribution in [0.25, 0.3) is 0 Å². The third-order valence-corrected chi connectivity index (χ3v) is 4.43. The van der Waals surface area contributed by atoms with E-state index in [4.69, 9.17) is 0 Å². The van der Waals surface area contributed by atoms with E-state index >= 15 is 0 Å². The van der Waals surface area contributed by atoms with Crippen molar-refractivity contribution in [3.63, 3.8) is 0 Å². The average molecular weight is 198 g/mol. The lowest BCUT2D eigenvalue weighted by molar-refractivity contribution is -0.890. The van der Waals surface area contributed by atoms with Crippen molar-refractivity contribution >= 4 is 0 Å². The summed E-state index contributed by atoms with van der Waals surface area (Å²) in [5.74, 6) is 2.15. The Labute approximate surface area is 88.3 Å². The minimum Gasteiger partial charge on any atom is -0.337 e. The number of hydrogen-bond donors (Lipinski definition) is 2. The first-order valence-corrected chi connectivity index (χ1v) is 6.38. The first kappa shape index (κ1) is 10.4. The predicted molar refractivity (Wildman–Crippen MR) is 58.7 cm³/mol. The van der Waals surface area contributed by atoms with Gasteiger partial charge in [-0.05, 0) is 37.5 Å². The first-order valence-electron chi connectivity index (χ1n) is 6.38. The summed E-state index contributed by atoms with van der Waals surface area (Å²) in [7, 11) is 4.68. The smallest absolute Gasteiger partial charge is 0.0771 e. The monoisotopic (exact) mass is 198 g/mol. The largest absolute Gasteiger partial charge is 0.337 e. The molecule has 0 aromatic heterocycles. The van der Waals surface area contributed by atoms with E-state index < -0.39 is 0 Å². The summed E-state index contributed by atoms with van der Waals surface area (Å²) in [4.78, 5) is 3.50. The third-order valence-electron chi connectivity index (χ3n) is 4.43. The fourth-order valence-electron chi connectivity index (χ4n) is 3.21. The van der Waals surface area contributed by atoms with Gasteiger partial charge in [0.2, 0.25) is 0 Å². The number of hydrogen-bond acceptors (Lipinski definition) is 0. The molecule has 82 valence electrons. The van der Waals surface area contributed by atoms with E-state index in [-0.39, 0.29) is 0 Å². The SMILES string of the molecule is C[NH+]1CCC(C2CC[NH+](C)CC2)CC1. The molecular formula is C12H26N2+2. The average Bonchev–Trinajstić information content (AvgIpc) is 2.21. The van der Waals surface area contributed by atoms with Crippen molar-refractivity contribution in [3.05, 3.63) is 0 Å². The van der Waals surface area contributed by atoms with E-state index in [0.29, 0.717) is 0 Å². The molecule has 0 radical (unpaired) electrons. The highest BCUT2D eigenvalue weighted by Crippen LogP contribution is 2.26. The fourth-order valence-corrected chi connectivity index (χ4v) is 3.21. The molecule has 2 saturated heterocycles. The van der Waals surface area contributed by atoms with Crippen LogP contribution in [0.3, 0.4) is 0 Å². The molecule has 2 rings (SSSR count). The zero-order chi connectivity index (χ0) is 9.97. The summed E-state index contributed by atoms with van der Waals surface area (Å²) in [6.45, 7) is 5.68. The zero-order valence-corrected chi connectivity index (χ0v) is 9.81. The van der Waals surface area contributed by atoms with Gasteiger partial charge in [0.1, 0.15) is 0 Å². The van der Waals surface area contributed by atoms with Gasteiger partial charge < -0.3 is 9.80 Å². The molecule has 0 atom stereocenters. The Morgan fingerprint density at radius 1 is 0.643 bits per heavy atom. The summed E-state index contributed by atoms with van der Waals surface area (Å²) in [5.41, 5.74) is 0. The Bertz CT molecular complexity index is 145. The van der Waals surface area contributed by atoms with Gasteiger partial charge in [0.25, 0.3) is 0 Å². The Kier molecular flexibility index (Phi) is 3.45. The molecule has 2 aliphatic heterocycles. The van der Waals surface area contributed by atoms with Crippen LogP contribution < -0.4 is 9.80 Å². The molecule has 0 saturated carbocycles. The number of quaternary nitrogens is 2.